The number of nitrogens with zero attached hydrogens (tertiary/aromatic N) is 4. The van der Waals surface area contributed by atoms with Crippen LogP contribution in [0.3, 0.4) is 0 Å². The van der Waals surface area contributed by atoms with Gasteiger partial charge in [0.25, 0.3) is 0 Å². The zero-order valence-electron chi connectivity index (χ0n) is 14.4. The van der Waals surface area contributed by atoms with E-state index in [1.54, 1.807) is 30.3 Å². The Morgan fingerprint density at radius 2 is 2.33 bits per heavy atom. The molecule has 7 heteroatoms. The van der Waals surface area contributed by atoms with Crippen molar-refractivity contribution < 1.29 is 9.53 Å². The molecule has 0 spiro atoms. The van der Waals surface area contributed by atoms with Crippen LogP contribution in [0, 0.1) is 0 Å². The van der Waals surface area contributed by atoms with Crippen molar-refractivity contribution in [3.63, 3.8) is 0 Å². The summed E-state index contributed by atoms with van der Waals surface area (Å²) in [4.78, 5) is 21.6. The van der Waals surface area contributed by atoms with Crippen LogP contribution in [0.15, 0.2) is 23.8 Å². The van der Waals surface area contributed by atoms with Gasteiger partial charge in [-0.3, -0.25) is 9.69 Å². The smallest absolute Gasteiger partial charge is 0.248 e. The number of fused-ring (bicyclic) bond motifs is 1. The van der Waals surface area contributed by atoms with Gasteiger partial charge in [0, 0.05) is 45.5 Å². The van der Waals surface area contributed by atoms with Gasteiger partial charge in [0.2, 0.25) is 5.91 Å². The second kappa shape index (κ2) is 7.46. The number of amides is 1. The van der Waals surface area contributed by atoms with E-state index in [4.69, 9.17) is 4.74 Å². The topological polar surface area (TPSA) is 50.6 Å². The number of hydrogen-bond donors (Lipinski definition) is 0. The van der Waals surface area contributed by atoms with Gasteiger partial charge in [0.1, 0.15) is 6.61 Å². The standard InChI is InChI=1S/C17H24N4O2S/c1-19(2)16(22)11-23-10-15-17-14(18-12-20(17)3)6-7-21(15)9-13-5-4-8-24-13/h4-5,8,12,15H,6-7,9-11H2,1-3H3/t15-/m0/s1. The molecule has 0 radical (unpaired) electrons. The van der Waals surface area contributed by atoms with E-state index in [0.29, 0.717) is 6.61 Å². The van der Waals surface area contributed by atoms with Gasteiger partial charge >= 0.3 is 0 Å². The van der Waals surface area contributed by atoms with Crippen LogP contribution >= 0.6 is 11.3 Å². The largest absolute Gasteiger partial charge is 0.370 e. The Balaban J connectivity index is 1.73. The van der Waals surface area contributed by atoms with Gasteiger partial charge in [-0.05, 0) is 11.4 Å². The summed E-state index contributed by atoms with van der Waals surface area (Å²) in [5.74, 6) is -0.0131. The van der Waals surface area contributed by atoms with Crippen molar-refractivity contribution in [1.82, 2.24) is 19.4 Å². The van der Waals surface area contributed by atoms with Crippen molar-refractivity contribution in [2.75, 3.05) is 33.9 Å². The Labute approximate surface area is 146 Å². The van der Waals surface area contributed by atoms with Crippen molar-refractivity contribution in [2.45, 2.75) is 19.0 Å². The van der Waals surface area contributed by atoms with E-state index in [1.165, 1.54) is 10.6 Å². The molecule has 1 aliphatic rings. The highest BCUT2D eigenvalue weighted by molar-refractivity contribution is 7.09. The Hall–Kier alpha value is -1.70. The van der Waals surface area contributed by atoms with Crippen LogP contribution in [0.2, 0.25) is 0 Å². The molecule has 3 rings (SSSR count). The van der Waals surface area contributed by atoms with Gasteiger partial charge in [0.05, 0.1) is 30.4 Å². The van der Waals surface area contributed by atoms with E-state index in [2.05, 4.69) is 32.0 Å². The van der Waals surface area contributed by atoms with Gasteiger partial charge in [0.15, 0.2) is 0 Å². The van der Waals surface area contributed by atoms with E-state index in [9.17, 15) is 4.79 Å². The molecule has 6 nitrogen and oxygen atoms in total. The van der Waals surface area contributed by atoms with Crippen LogP contribution < -0.4 is 0 Å². The molecule has 0 aromatic carbocycles. The molecule has 1 atom stereocenters. The minimum absolute atomic E-state index is 0.0131. The number of carbonyl (C=O) groups is 1. The Kier molecular flexibility index (Phi) is 5.33. The predicted molar refractivity (Wildman–Crippen MR) is 93.9 cm³/mol. The van der Waals surface area contributed by atoms with Gasteiger partial charge in [-0.25, -0.2) is 4.98 Å². The first-order valence-corrected chi connectivity index (χ1v) is 8.98. The summed E-state index contributed by atoms with van der Waals surface area (Å²) >= 11 is 1.77. The average molecular weight is 348 g/mol. The third-order valence-corrected chi connectivity index (χ3v) is 5.25. The normalized spacial score (nSPS) is 17.7. The zero-order valence-corrected chi connectivity index (χ0v) is 15.3. The van der Waals surface area contributed by atoms with Crippen molar-refractivity contribution in [2.24, 2.45) is 7.05 Å². The summed E-state index contributed by atoms with van der Waals surface area (Å²) in [5, 5.41) is 2.11. The lowest BCUT2D eigenvalue weighted by Gasteiger charge is -2.35. The van der Waals surface area contributed by atoms with E-state index in [0.717, 1.165) is 25.2 Å². The highest BCUT2D eigenvalue weighted by Gasteiger charge is 2.31. The summed E-state index contributed by atoms with van der Waals surface area (Å²) in [6, 6.07) is 4.37. The zero-order chi connectivity index (χ0) is 17.1. The maximum atomic E-state index is 11.8. The van der Waals surface area contributed by atoms with Crippen molar-refractivity contribution in [3.05, 3.63) is 40.1 Å². The third kappa shape index (κ3) is 3.68. The summed E-state index contributed by atoms with van der Waals surface area (Å²) < 4.78 is 7.84. The van der Waals surface area contributed by atoms with Crippen molar-refractivity contribution in [1.29, 1.82) is 0 Å². The molecule has 0 saturated heterocycles. The fourth-order valence-corrected chi connectivity index (χ4v) is 3.78. The van der Waals surface area contributed by atoms with Gasteiger partial charge in [-0.2, -0.15) is 0 Å². The summed E-state index contributed by atoms with van der Waals surface area (Å²) in [6.07, 6.45) is 2.83. The number of thiophene rings is 1. The minimum atomic E-state index is -0.0131. The predicted octanol–water partition coefficient (Wildman–Crippen LogP) is 1.69. The van der Waals surface area contributed by atoms with Crippen molar-refractivity contribution in [3.8, 4) is 0 Å². The van der Waals surface area contributed by atoms with Gasteiger partial charge in [-0.1, -0.05) is 6.07 Å². The van der Waals surface area contributed by atoms with Crippen LogP contribution in [0.25, 0.3) is 0 Å². The summed E-state index contributed by atoms with van der Waals surface area (Å²) in [7, 11) is 5.52. The molecular weight excluding hydrogens is 324 g/mol. The summed E-state index contributed by atoms with van der Waals surface area (Å²) in [6.45, 7) is 2.47. The number of rotatable bonds is 6. The Morgan fingerprint density at radius 1 is 1.50 bits per heavy atom. The van der Waals surface area contributed by atoms with Crippen LogP contribution in [-0.2, 0) is 29.5 Å². The number of aryl methyl sites for hydroxylation is 1. The van der Waals surface area contributed by atoms with Crippen LogP contribution in [0.4, 0.5) is 0 Å². The Morgan fingerprint density at radius 3 is 3.04 bits per heavy atom. The van der Waals surface area contributed by atoms with E-state index >= 15 is 0 Å². The number of hydrogen-bond acceptors (Lipinski definition) is 5. The fourth-order valence-electron chi connectivity index (χ4n) is 3.05. The number of carbonyl (C=O) groups excluding carboxylic acids is 1. The lowest BCUT2D eigenvalue weighted by Crippen LogP contribution is -2.39. The quantitative estimate of drug-likeness (QED) is 0.797. The lowest BCUT2D eigenvalue weighted by molar-refractivity contribution is -0.134. The molecule has 2 aromatic rings. The van der Waals surface area contributed by atoms with E-state index in [-0.39, 0.29) is 18.6 Å². The van der Waals surface area contributed by atoms with E-state index in [1.807, 2.05) is 13.4 Å². The Bertz CT molecular complexity index is 681. The number of aromatic nitrogens is 2. The molecule has 0 unspecified atom stereocenters. The van der Waals surface area contributed by atoms with Crippen molar-refractivity contribution >= 4 is 17.2 Å². The highest BCUT2D eigenvalue weighted by atomic mass is 32.1. The molecule has 0 N–H and O–H groups in total. The first kappa shape index (κ1) is 17.1. The molecular formula is C17H24N4O2S. The van der Waals surface area contributed by atoms with Gasteiger partial charge in [-0.15, -0.1) is 11.3 Å². The molecule has 1 aliphatic heterocycles. The molecule has 0 fully saturated rings. The van der Waals surface area contributed by atoms with Crippen LogP contribution in [0.5, 0.6) is 0 Å². The molecule has 24 heavy (non-hydrogen) atoms. The van der Waals surface area contributed by atoms with E-state index < -0.39 is 0 Å². The minimum Gasteiger partial charge on any atom is -0.370 e. The molecule has 0 aliphatic carbocycles. The van der Waals surface area contributed by atoms with Crippen LogP contribution in [0.1, 0.15) is 22.3 Å². The first-order chi connectivity index (χ1) is 11.6. The molecule has 0 saturated carbocycles. The molecule has 2 aromatic heterocycles. The monoisotopic (exact) mass is 348 g/mol. The maximum absolute atomic E-state index is 11.8. The lowest BCUT2D eigenvalue weighted by atomic mass is 10.0. The third-order valence-electron chi connectivity index (χ3n) is 4.39. The fraction of sp³-hybridized carbons (Fsp3) is 0.529. The second-order valence-electron chi connectivity index (χ2n) is 6.31. The average Bonchev–Trinajstić information content (AvgIpc) is 3.19. The number of ether oxygens (including phenoxy) is 1. The molecule has 3 heterocycles. The molecule has 130 valence electrons. The number of imidazole rings is 1. The highest BCUT2D eigenvalue weighted by Crippen LogP contribution is 2.31. The maximum Gasteiger partial charge on any atom is 0.248 e. The van der Waals surface area contributed by atoms with Gasteiger partial charge < -0.3 is 14.2 Å². The summed E-state index contributed by atoms with van der Waals surface area (Å²) in [5.41, 5.74) is 2.35. The SMILES string of the molecule is CN(C)C(=O)COC[C@H]1c2c(ncn2C)CCN1Cc1cccs1. The molecule has 1 amide bonds. The first-order valence-electron chi connectivity index (χ1n) is 8.10. The van der Waals surface area contributed by atoms with Crippen LogP contribution in [-0.4, -0.2) is 59.1 Å². The number of likely N-dealkylation sites (N-methyl/N-ethyl adjacent to an activating group) is 1. The second-order valence-corrected chi connectivity index (χ2v) is 7.34. The molecule has 0 bridgehead atoms.